The van der Waals surface area contributed by atoms with Crippen LogP contribution in [-0.4, -0.2) is 53.8 Å². The van der Waals surface area contributed by atoms with Crippen LogP contribution in [0.1, 0.15) is 31.5 Å². The maximum absolute atomic E-state index is 12.5. The van der Waals surface area contributed by atoms with Gasteiger partial charge in [0, 0.05) is 12.0 Å². The first kappa shape index (κ1) is 21.2. The van der Waals surface area contributed by atoms with E-state index in [2.05, 4.69) is 27.7 Å². The Bertz CT molecular complexity index is 539. The molecule has 2 saturated heterocycles. The van der Waals surface area contributed by atoms with E-state index >= 15 is 0 Å². The van der Waals surface area contributed by atoms with Crippen molar-refractivity contribution in [2.45, 2.75) is 32.7 Å². The molecule has 0 bridgehead atoms. The third-order valence-electron chi connectivity index (χ3n) is 5.08. The van der Waals surface area contributed by atoms with Crippen LogP contribution in [-0.2, 0) is 4.79 Å². The SMILES string of the molecule is Cc1cc(NC(=O)C(C)C2CNC2)n(C2CCN(C)CC2)n1.Cl.Cl. The number of hydrogen-bond acceptors (Lipinski definition) is 4. The number of hydrogen-bond donors (Lipinski definition) is 2. The summed E-state index contributed by atoms with van der Waals surface area (Å²) < 4.78 is 2.03. The first-order valence-corrected chi connectivity index (χ1v) is 8.31. The summed E-state index contributed by atoms with van der Waals surface area (Å²) in [4.78, 5) is 14.8. The normalized spacial score (nSPS) is 20.5. The van der Waals surface area contributed by atoms with E-state index in [1.807, 2.05) is 24.6 Å². The minimum atomic E-state index is 0. The maximum atomic E-state index is 12.5. The van der Waals surface area contributed by atoms with Crippen LogP contribution < -0.4 is 10.6 Å². The monoisotopic (exact) mass is 377 g/mol. The van der Waals surface area contributed by atoms with Gasteiger partial charge in [-0.05, 0) is 58.9 Å². The predicted molar refractivity (Wildman–Crippen MR) is 101 cm³/mol. The molecule has 0 radical (unpaired) electrons. The van der Waals surface area contributed by atoms with Gasteiger partial charge in [-0.25, -0.2) is 4.68 Å². The van der Waals surface area contributed by atoms with Gasteiger partial charge in [-0.2, -0.15) is 5.10 Å². The second kappa shape index (κ2) is 9.04. The van der Waals surface area contributed by atoms with Crippen LogP contribution >= 0.6 is 24.8 Å². The minimum Gasteiger partial charge on any atom is -0.316 e. The van der Waals surface area contributed by atoms with Crippen molar-refractivity contribution in [2.24, 2.45) is 11.8 Å². The Morgan fingerprint density at radius 3 is 2.50 bits per heavy atom. The molecule has 1 aromatic heterocycles. The van der Waals surface area contributed by atoms with Gasteiger partial charge in [0.15, 0.2) is 0 Å². The molecule has 0 aliphatic carbocycles. The zero-order chi connectivity index (χ0) is 15.7. The molecule has 0 spiro atoms. The molecular formula is C16H29Cl2N5O. The third-order valence-corrected chi connectivity index (χ3v) is 5.08. The zero-order valence-electron chi connectivity index (χ0n) is 14.6. The van der Waals surface area contributed by atoms with Crippen molar-refractivity contribution in [3.05, 3.63) is 11.8 Å². The largest absolute Gasteiger partial charge is 0.316 e. The summed E-state index contributed by atoms with van der Waals surface area (Å²) in [5.41, 5.74) is 0.965. The number of carbonyl (C=O) groups excluding carboxylic acids is 1. The Balaban J connectivity index is 0.00000144. The van der Waals surface area contributed by atoms with Gasteiger partial charge in [-0.15, -0.1) is 24.8 Å². The van der Waals surface area contributed by atoms with Gasteiger partial charge in [0.1, 0.15) is 5.82 Å². The fraction of sp³-hybridized carbons (Fsp3) is 0.750. The van der Waals surface area contributed by atoms with Crippen molar-refractivity contribution in [3.8, 4) is 0 Å². The minimum absolute atomic E-state index is 0. The van der Waals surface area contributed by atoms with Crippen molar-refractivity contribution in [2.75, 3.05) is 38.5 Å². The van der Waals surface area contributed by atoms with Crippen LogP contribution in [0.3, 0.4) is 0 Å². The number of rotatable bonds is 4. The van der Waals surface area contributed by atoms with Crippen molar-refractivity contribution < 1.29 is 4.79 Å². The average Bonchev–Trinajstić information content (AvgIpc) is 2.78. The summed E-state index contributed by atoms with van der Waals surface area (Å²) in [6.07, 6.45) is 2.17. The molecule has 8 heteroatoms. The van der Waals surface area contributed by atoms with Gasteiger partial charge in [0.05, 0.1) is 11.7 Å². The van der Waals surface area contributed by atoms with E-state index in [1.165, 1.54) is 0 Å². The Morgan fingerprint density at radius 1 is 1.33 bits per heavy atom. The zero-order valence-corrected chi connectivity index (χ0v) is 16.3. The van der Waals surface area contributed by atoms with Crippen LogP contribution in [0.5, 0.6) is 0 Å². The molecular weight excluding hydrogens is 349 g/mol. The van der Waals surface area contributed by atoms with Crippen LogP contribution in [0.15, 0.2) is 6.07 Å². The van der Waals surface area contributed by atoms with Gasteiger partial charge in [0.25, 0.3) is 0 Å². The molecule has 138 valence electrons. The number of nitrogens with one attached hydrogen (secondary N) is 2. The average molecular weight is 378 g/mol. The number of likely N-dealkylation sites (tertiary alicyclic amines) is 1. The molecule has 3 heterocycles. The molecule has 2 N–H and O–H groups in total. The van der Waals surface area contributed by atoms with Crippen LogP contribution in [0, 0.1) is 18.8 Å². The van der Waals surface area contributed by atoms with Gasteiger partial charge < -0.3 is 15.5 Å². The number of anilines is 1. The summed E-state index contributed by atoms with van der Waals surface area (Å²) in [6.45, 7) is 8.07. The molecule has 24 heavy (non-hydrogen) atoms. The Morgan fingerprint density at radius 2 is 1.96 bits per heavy atom. The van der Waals surface area contributed by atoms with E-state index < -0.39 is 0 Å². The molecule has 2 fully saturated rings. The summed E-state index contributed by atoms with van der Waals surface area (Å²) in [5.74, 6) is 1.47. The van der Waals surface area contributed by atoms with E-state index in [4.69, 9.17) is 0 Å². The number of piperidine rings is 1. The van der Waals surface area contributed by atoms with Gasteiger partial charge >= 0.3 is 0 Å². The summed E-state index contributed by atoms with van der Waals surface area (Å²) in [5, 5.41) is 11.0. The second-order valence-electron chi connectivity index (χ2n) is 6.85. The second-order valence-corrected chi connectivity index (χ2v) is 6.85. The van der Waals surface area contributed by atoms with E-state index in [0.29, 0.717) is 12.0 Å². The van der Waals surface area contributed by atoms with Crippen LogP contribution in [0.25, 0.3) is 0 Å². The molecule has 0 aromatic carbocycles. The number of aryl methyl sites for hydroxylation is 1. The Labute approximate surface area is 156 Å². The lowest BCUT2D eigenvalue weighted by Crippen LogP contribution is -2.48. The Kier molecular flexibility index (Phi) is 7.99. The van der Waals surface area contributed by atoms with E-state index in [1.54, 1.807) is 0 Å². The van der Waals surface area contributed by atoms with E-state index in [-0.39, 0.29) is 36.6 Å². The number of halogens is 2. The highest BCUT2D eigenvalue weighted by atomic mass is 35.5. The molecule has 1 aromatic rings. The first-order valence-electron chi connectivity index (χ1n) is 8.31. The van der Waals surface area contributed by atoms with E-state index in [0.717, 1.165) is 50.5 Å². The topological polar surface area (TPSA) is 62.2 Å². The molecule has 1 amide bonds. The van der Waals surface area contributed by atoms with Crippen LogP contribution in [0.4, 0.5) is 5.82 Å². The van der Waals surface area contributed by atoms with Crippen molar-refractivity contribution in [1.29, 1.82) is 0 Å². The fourth-order valence-electron chi connectivity index (χ4n) is 3.25. The maximum Gasteiger partial charge on any atom is 0.228 e. The molecule has 1 atom stereocenters. The van der Waals surface area contributed by atoms with Gasteiger partial charge in [-0.1, -0.05) is 6.92 Å². The van der Waals surface area contributed by atoms with Gasteiger partial charge in [0.2, 0.25) is 5.91 Å². The van der Waals surface area contributed by atoms with Crippen molar-refractivity contribution in [1.82, 2.24) is 20.0 Å². The van der Waals surface area contributed by atoms with Crippen molar-refractivity contribution in [3.63, 3.8) is 0 Å². The highest BCUT2D eigenvalue weighted by molar-refractivity contribution is 5.92. The number of carbonyl (C=O) groups is 1. The lowest BCUT2D eigenvalue weighted by atomic mass is 9.88. The smallest absolute Gasteiger partial charge is 0.228 e. The number of nitrogens with zero attached hydrogens (tertiary/aromatic N) is 3. The summed E-state index contributed by atoms with van der Waals surface area (Å²) in [6, 6.07) is 2.38. The Hall–Kier alpha value is -0.820. The highest BCUT2D eigenvalue weighted by Crippen LogP contribution is 2.26. The summed E-state index contributed by atoms with van der Waals surface area (Å²) in [7, 11) is 2.15. The fourth-order valence-corrected chi connectivity index (χ4v) is 3.25. The third kappa shape index (κ3) is 4.63. The highest BCUT2D eigenvalue weighted by Gasteiger charge is 2.30. The first-order chi connectivity index (χ1) is 10.5. The molecule has 2 aliphatic heterocycles. The number of aromatic nitrogens is 2. The van der Waals surface area contributed by atoms with E-state index in [9.17, 15) is 4.79 Å². The molecule has 3 rings (SSSR count). The summed E-state index contributed by atoms with van der Waals surface area (Å²) >= 11 is 0. The lowest BCUT2D eigenvalue weighted by molar-refractivity contribution is -0.121. The predicted octanol–water partition coefficient (Wildman–Crippen LogP) is 2.10. The quantitative estimate of drug-likeness (QED) is 0.843. The van der Waals surface area contributed by atoms with Crippen LogP contribution in [0.2, 0.25) is 0 Å². The van der Waals surface area contributed by atoms with Gasteiger partial charge in [-0.3, -0.25) is 4.79 Å². The standard InChI is InChI=1S/C16H27N5O.2ClH/c1-11-8-15(18-16(22)12(2)13-9-17-10-13)21(19-11)14-4-6-20(3)7-5-14;;/h8,12-14,17H,4-7,9-10H2,1-3H3,(H,18,22);2*1H. The molecule has 1 unspecified atom stereocenters. The molecule has 0 saturated carbocycles. The lowest BCUT2D eigenvalue weighted by Gasteiger charge is -2.32. The molecule has 6 nitrogen and oxygen atoms in total. The number of amides is 1. The molecule has 2 aliphatic rings. The van der Waals surface area contributed by atoms with Crippen molar-refractivity contribution >= 4 is 36.5 Å².